The smallest absolute Gasteiger partial charge is 0.251 e. The van der Waals surface area contributed by atoms with Crippen LogP contribution in [0.4, 0.5) is 0 Å². The van der Waals surface area contributed by atoms with Gasteiger partial charge in [-0.3, -0.25) is 4.79 Å². The number of sulfonamides is 1. The first kappa shape index (κ1) is 23.8. The first-order chi connectivity index (χ1) is 16.4. The van der Waals surface area contributed by atoms with E-state index in [9.17, 15) is 13.2 Å². The molecule has 1 aromatic heterocycles. The van der Waals surface area contributed by atoms with Crippen molar-refractivity contribution in [3.63, 3.8) is 0 Å². The van der Waals surface area contributed by atoms with Crippen molar-refractivity contribution in [3.8, 4) is 5.75 Å². The predicted octanol–water partition coefficient (Wildman–Crippen LogP) is 4.30. The maximum Gasteiger partial charge on any atom is 0.251 e. The van der Waals surface area contributed by atoms with Crippen LogP contribution < -0.4 is 14.8 Å². The minimum Gasteiger partial charge on any atom is -0.495 e. The van der Waals surface area contributed by atoms with Crippen molar-refractivity contribution in [1.29, 1.82) is 0 Å². The van der Waals surface area contributed by atoms with E-state index in [0.717, 1.165) is 22.0 Å². The molecule has 9 heteroatoms. The van der Waals surface area contributed by atoms with E-state index in [1.807, 2.05) is 54.7 Å². The summed E-state index contributed by atoms with van der Waals surface area (Å²) in [6, 6.07) is 19.7. The van der Waals surface area contributed by atoms with E-state index < -0.39 is 15.9 Å². The number of fused-ring (bicyclic) bond motifs is 1. The topological polar surface area (TPSA) is 100 Å². The van der Waals surface area contributed by atoms with Gasteiger partial charge in [0.2, 0.25) is 10.0 Å². The molecule has 1 unspecified atom stereocenters. The molecule has 3 aromatic carbocycles. The van der Waals surface area contributed by atoms with E-state index in [2.05, 4.69) is 15.0 Å². The summed E-state index contributed by atoms with van der Waals surface area (Å²) in [6.07, 6.45) is 1.93. The molecule has 0 radical (unpaired) electrons. The highest BCUT2D eigenvalue weighted by Gasteiger charge is 2.23. The molecule has 1 atom stereocenters. The Morgan fingerprint density at radius 1 is 1.06 bits per heavy atom. The SMILES string of the molecule is CNS(=O)(=O)c1cc(C(=O)NCC(c2ccccc2Cl)c2c[nH]c3ccccc23)ccc1OC. The van der Waals surface area contributed by atoms with Crippen LogP contribution in [0.2, 0.25) is 5.02 Å². The summed E-state index contributed by atoms with van der Waals surface area (Å²) < 4.78 is 32.2. The Hall–Kier alpha value is -3.33. The molecule has 0 aliphatic carbocycles. The van der Waals surface area contributed by atoms with Crippen LogP contribution in [0.3, 0.4) is 0 Å². The summed E-state index contributed by atoms with van der Waals surface area (Å²) in [5.74, 6) is -0.488. The highest BCUT2D eigenvalue weighted by Crippen LogP contribution is 2.34. The predicted molar refractivity (Wildman–Crippen MR) is 133 cm³/mol. The number of aromatic nitrogens is 1. The van der Waals surface area contributed by atoms with Gasteiger partial charge in [0, 0.05) is 40.1 Å². The third-order valence-electron chi connectivity index (χ3n) is 5.73. The van der Waals surface area contributed by atoms with Gasteiger partial charge in [0.25, 0.3) is 5.91 Å². The van der Waals surface area contributed by atoms with Crippen LogP contribution in [0, 0.1) is 0 Å². The molecule has 0 saturated carbocycles. The fourth-order valence-electron chi connectivity index (χ4n) is 3.96. The second-order valence-corrected chi connectivity index (χ2v) is 9.91. The molecular formula is C25H24ClN3O4S. The highest BCUT2D eigenvalue weighted by molar-refractivity contribution is 7.89. The number of carbonyl (C=O) groups excluding carboxylic acids is 1. The van der Waals surface area contributed by atoms with E-state index in [-0.39, 0.29) is 28.7 Å². The number of para-hydroxylation sites is 1. The lowest BCUT2D eigenvalue weighted by molar-refractivity contribution is 0.0952. The van der Waals surface area contributed by atoms with Crippen LogP contribution in [-0.2, 0) is 10.0 Å². The summed E-state index contributed by atoms with van der Waals surface area (Å²) in [5.41, 5.74) is 3.06. The lowest BCUT2D eigenvalue weighted by Crippen LogP contribution is -2.29. The number of carbonyl (C=O) groups is 1. The van der Waals surface area contributed by atoms with E-state index in [4.69, 9.17) is 16.3 Å². The number of halogens is 1. The molecule has 1 amide bonds. The molecule has 34 heavy (non-hydrogen) atoms. The summed E-state index contributed by atoms with van der Waals surface area (Å²) in [4.78, 5) is 16.2. The minimum absolute atomic E-state index is 0.107. The van der Waals surface area contributed by atoms with Crippen LogP contribution in [0.15, 0.2) is 77.8 Å². The summed E-state index contributed by atoms with van der Waals surface area (Å²) >= 11 is 6.53. The van der Waals surface area contributed by atoms with Gasteiger partial charge < -0.3 is 15.0 Å². The average Bonchev–Trinajstić information content (AvgIpc) is 3.28. The van der Waals surface area contributed by atoms with Crippen LogP contribution in [0.1, 0.15) is 27.4 Å². The lowest BCUT2D eigenvalue weighted by atomic mass is 9.90. The molecule has 0 fully saturated rings. The fourth-order valence-corrected chi connectivity index (χ4v) is 5.15. The van der Waals surface area contributed by atoms with Crippen molar-refractivity contribution < 1.29 is 17.9 Å². The Morgan fingerprint density at radius 3 is 2.53 bits per heavy atom. The Bertz CT molecular complexity index is 1450. The van der Waals surface area contributed by atoms with Crippen LogP contribution in [0.25, 0.3) is 10.9 Å². The average molecular weight is 498 g/mol. The van der Waals surface area contributed by atoms with E-state index in [1.54, 1.807) is 0 Å². The highest BCUT2D eigenvalue weighted by atomic mass is 35.5. The van der Waals surface area contributed by atoms with Gasteiger partial charge in [-0.05, 0) is 48.5 Å². The number of hydrogen-bond donors (Lipinski definition) is 3. The molecule has 4 aromatic rings. The molecule has 176 valence electrons. The molecule has 3 N–H and O–H groups in total. The number of methoxy groups -OCH3 is 1. The number of benzene rings is 3. The van der Waals surface area contributed by atoms with E-state index >= 15 is 0 Å². The quantitative estimate of drug-likeness (QED) is 0.338. The second kappa shape index (κ2) is 9.89. The van der Waals surface area contributed by atoms with E-state index in [0.29, 0.717) is 5.02 Å². The minimum atomic E-state index is -3.81. The number of rotatable bonds is 8. The van der Waals surface area contributed by atoms with Crippen molar-refractivity contribution >= 4 is 38.4 Å². The molecular weight excluding hydrogens is 474 g/mol. The number of hydrogen-bond acceptors (Lipinski definition) is 4. The first-order valence-corrected chi connectivity index (χ1v) is 12.4. The van der Waals surface area contributed by atoms with Crippen LogP contribution in [-0.4, -0.2) is 40.0 Å². The fraction of sp³-hybridized carbons (Fsp3) is 0.160. The van der Waals surface area contributed by atoms with Gasteiger partial charge in [-0.25, -0.2) is 13.1 Å². The Morgan fingerprint density at radius 2 is 1.79 bits per heavy atom. The number of aromatic amines is 1. The summed E-state index contributed by atoms with van der Waals surface area (Å²) in [7, 11) is -1.14. The summed E-state index contributed by atoms with van der Waals surface area (Å²) in [6.45, 7) is 0.255. The maximum atomic E-state index is 13.1. The molecule has 0 saturated heterocycles. The molecule has 0 aliphatic rings. The number of H-pyrrole nitrogens is 1. The third-order valence-corrected chi connectivity index (χ3v) is 7.51. The van der Waals surface area contributed by atoms with Gasteiger partial charge in [-0.2, -0.15) is 0 Å². The number of amides is 1. The molecule has 4 rings (SSSR count). The standard InChI is InChI=1S/C25H24ClN3O4S/c1-27-34(31,32)24-13-16(11-12-23(24)33-2)25(30)29-15-19(17-7-3-5-9-21(17)26)20-14-28-22-10-6-4-8-18(20)22/h3-14,19,27-28H,15H2,1-2H3,(H,29,30). The third kappa shape index (κ3) is 4.65. The van der Waals surface area contributed by atoms with Crippen molar-refractivity contribution in [2.75, 3.05) is 20.7 Å². The van der Waals surface area contributed by atoms with Crippen molar-refractivity contribution in [2.24, 2.45) is 0 Å². The Kier molecular flexibility index (Phi) is 6.92. The van der Waals surface area contributed by atoms with Gasteiger partial charge >= 0.3 is 0 Å². The van der Waals surface area contributed by atoms with E-state index in [1.165, 1.54) is 32.4 Å². The Labute approximate surface area is 203 Å². The largest absolute Gasteiger partial charge is 0.495 e. The molecule has 1 heterocycles. The molecule has 7 nitrogen and oxygen atoms in total. The van der Waals surface area contributed by atoms with Gasteiger partial charge in [0.05, 0.1) is 7.11 Å². The molecule has 0 spiro atoms. The normalized spacial score (nSPS) is 12.4. The monoisotopic (exact) mass is 497 g/mol. The van der Waals surface area contributed by atoms with Crippen LogP contribution >= 0.6 is 11.6 Å². The van der Waals surface area contributed by atoms with Gasteiger partial charge in [0.15, 0.2) is 0 Å². The number of ether oxygens (including phenoxy) is 1. The molecule has 0 aliphatic heterocycles. The van der Waals surface area contributed by atoms with Gasteiger partial charge in [0.1, 0.15) is 10.6 Å². The number of nitrogens with one attached hydrogen (secondary N) is 3. The van der Waals surface area contributed by atoms with Gasteiger partial charge in [-0.1, -0.05) is 48.0 Å². The van der Waals surface area contributed by atoms with Crippen molar-refractivity contribution in [2.45, 2.75) is 10.8 Å². The maximum absolute atomic E-state index is 13.1. The lowest BCUT2D eigenvalue weighted by Gasteiger charge is -2.20. The zero-order valence-corrected chi connectivity index (χ0v) is 20.2. The first-order valence-electron chi connectivity index (χ1n) is 10.6. The van der Waals surface area contributed by atoms with Crippen molar-refractivity contribution in [3.05, 3.63) is 94.6 Å². The van der Waals surface area contributed by atoms with Crippen molar-refractivity contribution in [1.82, 2.24) is 15.0 Å². The zero-order chi connectivity index (χ0) is 24.3. The Balaban J connectivity index is 1.67. The zero-order valence-electron chi connectivity index (χ0n) is 18.6. The van der Waals surface area contributed by atoms with Crippen LogP contribution in [0.5, 0.6) is 5.75 Å². The summed E-state index contributed by atoms with van der Waals surface area (Å²) in [5, 5.41) is 4.58. The second-order valence-electron chi connectivity index (χ2n) is 7.65. The molecule has 0 bridgehead atoms. The van der Waals surface area contributed by atoms with Gasteiger partial charge in [-0.15, -0.1) is 0 Å².